The summed E-state index contributed by atoms with van der Waals surface area (Å²) >= 11 is 0. The van der Waals surface area contributed by atoms with Gasteiger partial charge in [0.15, 0.2) is 11.3 Å². The predicted octanol–water partition coefficient (Wildman–Crippen LogP) is 4.78. The van der Waals surface area contributed by atoms with E-state index >= 15 is 0 Å². The highest BCUT2D eigenvalue weighted by molar-refractivity contribution is 5.88. The fraction of sp³-hybridized carbons (Fsp3) is 0.238. The van der Waals surface area contributed by atoms with E-state index in [0.717, 1.165) is 17.7 Å². The van der Waals surface area contributed by atoms with Crippen LogP contribution in [0.15, 0.2) is 57.5 Å². The van der Waals surface area contributed by atoms with Gasteiger partial charge >= 0.3 is 6.18 Å². The van der Waals surface area contributed by atoms with Crippen molar-refractivity contribution in [3.63, 3.8) is 0 Å². The average molecular weight is 418 g/mol. The Labute approximate surface area is 168 Å². The van der Waals surface area contributed by atoms with E-state index in [1.807, 2.05) is 32.1 Å². The fourth-order valence-corrected chi connectivity index (χ4v) is 3.55. The van der Waals surface area contributed by atoms with E-state index in [1.165, 1.54) is 17.1 Å². The minimum absolute atomic E-state index is 0.0571. The summed E-state index contributed by atoms with van der Waals surface area (Å²) in [5, 5.41) is 23.3. The molecular weight excluding hydrogens is 401 g/mol. The smallest absolute Gasteiger partial charge is 0.450 e. The Balaban J connectivity index is 1.93. The van der Waals surface area contributed by atoms with Crippen molar-refractivity contribution in [3.05, 3.63) is 64.3 Å². The first kappa shape index (κ1) is 19.8. The van der Waals surface area contributed by atoms with Crippen LogP contribution in [-0.4, -0.2) is 20.0 Å². The quantitative estimate of drug-likeness (QED) is 0.585. The zero-order chi connectivity index (χ0) is 21.8. The van der Waals surface area contributed by atoms with Gasteiger partial charge in [-0.25, -0.2) is 0 Å². The largest absolute Gasteiger partial charge is 0.504 e. The number of phenols is 2. The lowest BCUT2D eigenvalue weighted by Crippen LogP contribution is -2.18. The van der Waals surface area contributed by atoms with Gasteiger partial charge in [0, 0.05) is 17.7 Å². The number of fused-ring (bicyclic) bond motifs is 1. The first-order chi connectivity index (χ1) is 14.1. The summed E-state index contributed by atoms with van der Waals surface area (Å²) in [6.07, 6.45) is 3.22. The minimum atomic E-state index is -5.01. The van der Waals surface area contributed by atoms with Crippen molar-refractivity contribution < 1.29 is 27.8 Å². The number of hydrogen-bond donors (Lipinski definition) is 2. The van der Waals surface area contributed by atoms with E-state index in [2.05, 4.69) is 5.10 Å². The van der Waals surface area contributed by atoms with Crippen LogP contribution in [0.25, 0.3) is 22.1 Å². The van der Waals surface area contributed by atoms with Gasteiger partial charge in [0.2, 0.25) is 16.9 Å². The van der Waals surface area contributed by atoms with Gasteiger partial charge in [-0.1, -0.05) is 30.7 Å². The molecule has 0 saturated heterocycles. The van der Waals surface area contributed by atoms with E-state index in [-0.39, 0.29) is 22.9 Å². The topological polar surface area (TPSA) is 88.5 Å². The van der Waals surface area contributed by atoms with Crippen LogP contribution in [0.1, 0.15) is 25.6 Å². The van der Waals surface area contributed by atoms with Crippen LogP contribution in [0.3, 0.4) is 0 Å². The molecular formula is C21H17F3N2O4. The minimum Gasteiger partial charge on any atom is -0.504 e. The molecule has 6 nitrogen and oxygen atoms in total. The van der Waals surface area contributed by atoms with Gasteiger partial charge in [0.1, 0.15) is 0 Å². The number of benzene rings is 1. The van der Waals surface area contributed by atoms with Crippen LogP contribution >= 0.6 is 0 Å². The first-order valence-corrected chi connectivity index (χ1v) is 9.08. The molecule has 0 bridgehead atoms. The molecule has 0 spiro atoms. The lowest BCUT2D eigenvalue weighted by atomic mass is 9.90. The third kappa shape index (κ3) is 3.06. The molecule has 1 aliphatic carbocycles. The number of allylic oxidation sites excluding steroid dienone is 4. The summed E-state index contributed by atoms with van der Waals surface area (Å²) in [5.41, 5.74) is -1.38. The van der Waals surface area contributed by atoms with E-state index in [1.54, 1.807) is 0 Å². The Hall–Kier alpha value is -3.49. The van der Waals surface area contributed by atoms with E-state index in [4.69, 9.17) is 4.42 Å². The Morgan fingerprint density at radius 3 is 2.67 bits per heavy atom. The molecule has 0 amide bonds. The Morgan fingerprint density at radius 2 is 1.97 bits per heavy atom. The molecule has 1 aliphatic rings. The molecule has 0 fully saturated rings. The van der Waals surface area contributed by atoms with Gasteiger partial charge in [0.05, 0.1) is 23.2 Å². The van der Waals surface area contributed by atoms with E-state index in [9.17, 15) is 28.2 Å². The molecule has 2 atom stereocenters. The Morgan fingerprint density at radius 1 is 1.23 bits per heavy atom. The van der Waals surface area contributed by atoms with Crippen molar-refractivity contribution in [2.24, 2.45) is 5.92 Å². The summed E-state index contributed by atoms with van der Waals surface area (Å²) in [7, 11) is 0. The summed E-state index contributed by atoms with van der Waals surface area (Å²) in [6.45, 7) is 3.93. The lowest BCUT2D eigenvalue weighted by molar-refractivity contribution is -0.152. The molecule has 2 N–H and O–H groups in total. The van der Waals surface area contributed by atoms with Crippen molar-refractivity contribution in [3.8, 4) is 22.6 Å². The third-order valence-corrected chi connectivity index (χ3v) is 5.36. The molecule has 0 radical (unpaired) electrons. The molecule has 0 saturated carbocycles. The van der Waals surface area contributed by atoms with Gasteiger partial charge in [-0.15, -0.1) is 0 Å². The highest BCUT2D eigenvalue weighted by Crippen LogP contribution is 2.41. The molecule has 4 rings (SSSR count). The molecule has 0 aliphatic heterocycles. The average Bonchev–Trinajstić information content (AvgIpc) is 3.15. The number of aromatic nitrogens is 2. The molecule has 9 heteroatoms. The van der Waals surface area contributed by atoms with E-state index < -0.39 is 40.0 Å². The number of phenolic OH excluding ortho intramolecular Hbond substituents is 2. The van der Waals surface area contributed by atoms with Gasteiger partial charge in [0.25, 0.3) is 0 Å². The van der Waals surface area contributed by atoms with Gasteiger partial charge in [-0.3, -0.25) is 9.48 Å². The van der Waals surface area contributed by atoms with Crippen LogP contribution in [0, 0.1) is 5.92 Å². The Kier molecular flexibility index (Phi) is 4.48. The normalized spacial score (nSPS) is 19.3. The van der Waals surface area contributed by atoms with Crippen molar-refractivity contribution in [2.45, 2.75) is 26.1 Å². The summed E-state index contributed by atoms with van der Waals surface area (Å²) in [4.78, 5) is 12.9. The monoisotopic (exact) mass is 418 g/mol. The van der Waals surface area contributed by atoms with Crippen LogP contribution in [0.4, 0.5) is 13.2 Å². The highest BCUT2D eigenvalue weighted by Gasteiger charge is 2.40. The maximum Gasteiger partial charge on any atom is 0.450 e. The van der Waals surface area contributed by atoms with Crippen molar-refractivity contribution >= 4 is 11.0 Å². The zero-order valence-electron chi connectivity index (χ0n) is 15.9. The summed E-state index contributed by atoms with van der Waals surface area (Å²) in [5.74, 6) is -3.12. The van der Waals surface area contributed by atoms with Crippen molar-refractivity contribution in [2.75, 3.05) is 0 Å². The second-order valence-corrected chi connectivity index (χ2v) is 7.23. The molecule has 2 aromatic heterocycles. The number of rotatable bonds is 2. The van der Waals surface area contributed by atoms with Gasteiger partial charge < -0.3 is 14.6 Å². The summed E-state index contributed by atoms with van der Waals surface area (Å²) < 4.78 is 47.6. The maximum absolute atomic E-state index is 13.7. The highest BCUT2D eigenvalue weighted by atomic mass is 19.4. The molecule has 2 heterocycles. The Bertz CT molecular complexity index is 1270. The molecule has 156 valence electrons. The van der Waals surface area contributed by atoms with E-state index in [0.29, 0.717) is 0 Å². The number of aromatic hydroxyl groups is 2. The first-order valence-electron chi connectivity index (χ1n) is 9.08. The number of nitrogens with zero attached hydrogens (tertiary/aromatic N) is 2. The molecule has 1 aromatic carbocycles. The number of alkyl halides is 3. The third-order valence-electron chi connectivity index (χ3n) is 5.36. The fourth-order valence-electron chi connectivity index (χ4n) is 3.55. The molecule has 2 unspecified atom stereocenters. The predicted molar refractivity (Wildman–Crippen MR) is 103 cm³/mol. The lowest BCUT2D eigenvalue weighted by Gasteiger charge is -2.24. The standard InChI is InChI=1S/C21H17F3N2O4/c1-10-4-3-5-14(11(10)2)26-9-12(8-25-26)16-17(28)13-6-7-15(27)18(29)19(13)30-20(16)21(22,23)24/h3-9,11,14,27,29H,1-2H3. The number of halogens is 3. The maximum atomic E-state index is 13.7. The van der Waals surface area contributed by atoms with Crippen LogP contribution in [0.5, 0.6) is 11.5 Å². The van der Waals surface area contributed by atoms with Crippen LogP contribution < -0.4 is 5.43 Å². The second-order valence-electron chi connectivity index (χ2n) is 7.23. The van der Waals surface area contributed by atoms with Crippen LogP contribution in [-0.2, 0) is 6.18 Å². The SMILES string of the molecule is CC1=CC=CC(n2cc(-c3c(C(F)(F)F)oc4c(O)c(O)ccc4c3=O)cn2)C1C. The second kappa shape index (κ2) is 6.79. The molecule has 30 heavy (non-hydrogen) atoms. The van der Waals surface area contributed by atoms with Gasteiger partial charge in [-0.05, 0) is 19.1 Å². The van der Waals surface area contributed by atoms with Crippen LogP contribution in [0.2, 0.25) is 0 Å². The van der Waals surface area contributed by atoms with Crippen molar-refractivity contribution in [1.82, 2.24) is 9.78 Å². The zero-order valence-corrected chi connectivity index (χ0v) is 15.9. The molecule has 3 aromatic rings. The number of hydrogen-bond acceptors (Lipinski definition) is 5. The summed E-state index contributed by atoms with van der Waals surface area (Å²) in [6, 6.07) is 1.90. The van der Waals surface area contributed by atoms with Gasteiger partial charge in [-0.2, -0.15) is 18.3 Å². The van der Waals surface area contributed by atoms with Crippen molar-refractivity contribution in [1.29, 1.82) is 0 Å².